The molecule has 0 spiro atoms. The summed E-state index contributed by atoms with van der Waals surface area (Å²) in [5.41, 5.74) is 4.11. The Morgan fingerprint density at radius 1 is 0.410 bits per heavy atom. The summed E-state index contributed by atoms with van der Waals surface area (Å²) in [6.07, 6.45) is 14.8. The minimum Gasteiger partial charge on any atom is -0.290 e. The van der Waals surface area contributed by atoms with Crippen molar-refractivity contribution in [3.8, 4) is 0 Å². The van der Waals surface area contributed by atoms with E-state index in [0.29, 0.717) is 0 Å². The molecule has 0 unspecified atom stereocenters. The first-order valence-corrected chi connectivity index (χ1v) is 13.1. The van der Waals surface area contributed by atoms with Crippen LogP contribution in [0.3, 0.4) is 0 Å². The van der Waals surface area contributed by atoms with Gasteiger partial charge >= 0.3 is 0 Å². The maximum atomic E-state index is 11.6. The van der Waals surface area contributed by atoms with E-state index in [9.17, 15) is 9.59 Å². The summed E-state index contributed by atoms with van der Waals surface area (Å²) < 4.78 is 0. The first kappa shape index (κ1) is 30.4. The van der Waals surface area contributed by atoms with E-state index in [0.717, 1.165) is 22.3 Å². The quantitative estimate of drug-likeness (QED) is 0.220. The molecule has 4 rings (SSSR count). The van der Waals surface area contributed by atoms with Crippen LogP contribution in [-0.2, 0) is 9.59 Å². The van der Waals surface area contributed by atoms with Gasteiger partial charge in [-0.15, -0.1) is 0 Å². The van der Waals surface area contributed by atoms with Gasteiger partial charge in [-0.3, -0.25) is 9.59 Å². The number of hydrogen-bond acceptors (Lipinski definition) is 2. The van der Waals surface area contributed by atoms with Gasteiger partial charge in [0.15, 0.2) is 11.6 Å². The lowest BCUT2D eigenvalue weighted by molar-refractivity contribution is -0.111. The molecule has 0 atom stereocenters. The highest BCUT2D eigenvalue weighted by Crippen LogP contribution is 2.05. The van der Waals surface area contributed by atoms with Crippen molar-refractivity contribution < 1.29 is 9.59 Å². The van der Waals surface area contributed by atoms with Crippen molar-refractivity contribution in [1.82, 2.24) is 0 Å². The van der Waals surface area contributed by atoms with Crippen LogP contribution < -0.4 is 0 Å². The third kappa shape index (κ3) is 14.5. The summed E-state index contributed by atoms with van der Waals surface area (Å²) >= 11 is 0. The summed E-state index contributed by atoms with van der Waals surface area (Å²) in [6, 6.07) is 39.1. The zero-order valence-corrected chi connectivity index (χ0v) is 22.7. The van der Waals surface area contributed by atoms with Crippen LogP contribution in [-0.4, -0.2) is 11.6 Å². The summed E-state index contributed by atoms with van der Waals surface area (Å²) in [6.45, 7) is 4.25. The zero-order chi connectivity index (χ0) is 28.0. The van der Waals surface area contributed by atoms with Gasteiger partial charge < -0.3 is 0 Å². The van der Waals surface area contributed by atoms with Crippen LogP contribution in [0.4, 0.5) is 0 Å². The molecule has 0 aromatic heterocycles. The number of hydrogen-bond donors (Lipinski definition) is 0. The van der Waals surface area contributed by atoms with Gasteiger partial charge in [0, 0.05) is 0 Å². The molecule has 4 aromatic carbocycles. The molecule has 0 radical (unpaired) electrons. The molecule has 4 aromatic rings. The SMILES string of the molecule is CCC.O=C(/C=C/c1ccccc1)/C=C/c1ccccc1.O=C(/C=C/c1ccccc1)/C=C/c1ccccc1. The number of benzene rings is 4. The van der Waals surface area contributed by atoms with Crippen LogP contribution >= 0.6 is 0 Å². The largest absolute Gasteiger partial charge is 0.290 e. The minimum atomic E-state index is -0.0114. The number of carbonyl (C=O) groups excluding carboxylic acids is 2. The number of carbonyl (C=O) groups is 2. The predicted octanol–water partition coefficient (Wildman–Crippen LogP) is 9.38. The molecule has 0 fully saturated rings. The van der Waals surface area contributed by atoms with Gasteiger partial charge in [-0.25, -0.2) is 0 Å². The fraction of sp³-hybridized carbons (Fsp3) is 0.0811. The molecule has 0 saturated heterocycles. The smallest absolute Gasteiger partial charge is 0.178 e. The molecule has 0 saturated carbocycles. The number of rotatable bonds is 8. The van der Waals surface area contributed by atoms with Crippen molar-refractivity contribution in [2.45, 2.75) is 20.3 Å². The third-order valence-electron chi connectivity index (χ3n) is 4.96. The first-order valence-electron chi connectivity index (χ1n) is 13.1. The third-order valence-corrected chi connectivity index (χ3v) is 4.96. The molecule has 0 aliphatic carbocycles. The standard InChI is InChI=1S/2C17H14O.C3H8/c2*18-17(13-11-15-7-3-1-4-8-15)14-12-16-9-5-2-6-10-16;1-3-2/h2*1-14H;3H2,1-2H3/b2*13-11+,14-12+;. The zero-order valence-electron chi connectivity index (χ0n) is 22.7. The number of ketones is 2. The molecule has 2 heteroatoms. The molecule has 0 heterocycles. The van der Waals surface area contributed by atoms with E-state index >= 15 is 0 Å². The highest BCUT2D eigenvalue weighted by molar-refractivity contribution is 6.05. The topological polar surface area (TPSA) is 34.1 Å². The average Bonchev–Trinajstić information content (AvgIpc) is 3.00. The van der Waals surface area contributed by atoms with Crippen LogP contribution in [0.1, 0.15) is 42.5 Å². The summed E-state index contributed by atoms with van der Waals surface area (Å²) in [5.74, 6) is -0.0228. The Balaban J connectivity index is 0.000000249. The Kier molecular flexibility index (Phi) is 15.1. The minimum absolute atomic E-state index is 0.0114. The van der Waals surface area contributed by atoms with Gasteiger partial charge in [0.05, 0.1) is 0 Å². The van der Waals surface area contributed by atoms with Crippen LogP contribution in [0.2, 0.25) is 0 Å². The summed E-state index contributed by atoms with van der Waals surface area (Å²) in [7, 11) is 0. The van der Waals surface area contributed by atoms with E-state index in [1.165, 1.54) is 6.42 Å². The van der Waals surface area contributed by atoms with Crippen LogP contribution in [0.5, 0.6) is 0 Å². The van der Waals surface area contributed by atoms with Crippen LogP contribution in [0, 0.1) is 0 Å². The molecule has 2 nitrogen and oxygen atoms in total. The Hall–Kier alpha value is -4.82. The summed E-state index contributed by atoms with van der Waals surface area (Å²) in [4.78, 5) is 23.2. The molecular formula is C37H36O2. The highest BCUT2D eigenvalue weighted by Gasteiger charge is 1.91. The Bertz CT molecular complexity index is 1120. The lowest BCUT2D eigenvalue weighted by Gasteiger charge is -1.91. The molecule has 39 heavy (non-hydrogen) atoms. The second-order valence-electron chi connectivity index (χ2n) is 8.49. The maximum absolute atomic E-state index is 11.6. The Morgan fingerprint density at radius 2 is 0.590 bits per heavy atom. The van der Waals surface area contributed by atoms with E-state index in [1.54, 1.807) is 24.3 Å². The normalized spacial score (nSPS) is 10.7. The van der Waals surface area contributed by atoms with Crippen molar-refractivity contribution in [1.29, 1.82) is 0 Å². The van der Waals surface area contributed by atoms with Crippen molar-refractivity contribution >= 4 is 35.9 Å². The van der Waals surface area contributed by atoms with E-state index in [1.807, 2.05) is 146 Å². The van der Waals surface area contributed by atoms with E-state index < -0.39 is 0 Å². The van der Waals surface area contributed by atoms with Crippen molar-refractivity contribution in [3.63, 3.8) is 0 Å². The van der Waals surface area contributed by atoms with Gasteiger partial charge in [-0.2, -0.15) is 0 Å². The lowest BCUT2D eigenvalue weighted by atomic mass is 10.1. The average molecular weight is 513 g/mol. The summed E-state index contributed by atoms with van der Waals surface area (Å²) in [5, 5.41) is 0. The lowest BCUT2D eigenvalue weighted by Crippen LogP contribution is -1.84. The van der Waals surface area contributed by atoms with Crippen molar-refractivity contribution in [3.05, 3.63) is 168 Å². The maximum Gasteiger partial charge on any atom is 0.178 e. The van der Waals surface area contributed by atoms with Gasteiger partial charge in [-0.1, -0.05) is 166 Å². The van der Waals surface area contributed by atoms with E-state index in [2.05, 4.69) is 13.8 Å². The van der Waals surface area contributed by atoms with Gasteiger partial charge in [0.2, 0.25) is 0 Å². The Labute approximate surface area is 233 Å². The molecule has 0 bridgehead atoms. The highest BCUT2D eigenvalue weighted by atomic mass is 16.1. The van der Waals surface area contributed by atoms with Crippen molar-refractivity contribution in [2.75, 3.05) is 0 Å². The second-order valence-corrected chi connectivity index (χ2v) is 8.49. The predicted molar refractivity (Wildman–Crippen MR) is 168 cm³/mol. The molecular weight excluding hydrogens is 476 g/mol. The molecule has 0 N–H and O–H groups in total. The molecule has 0 amide bonds. The van der Waals surface area contributed by atoms with E-state index in [4.69, 9.17) is 0 Å². The van der Waals surface area contributed by atoms with Gasteiger partial charge in [-0.05, 0) is 46.6 Å². The van der Waals surface area contributed by atoms with Gasteiger partial charge in [0.25, 0.3) is 0 Å². The number of allylic oxidation sites excluding steroid dienone is 4. The molecule has 0 aliphatic heterocycles. The molecule has 0 aliphatic rings. The first-order chi connectivity index (χ1) is 19.1. The second kappa shape index (κ2) is 19.3. The van der Waals surface area contributed by atoms with E-state index in [-0.39, 0.29) is 11.6 Å². The van der Waals surface area contributed by atoms with Crippen LogP contribution in [0.25, 0.3) is 24.3 Å². The van der Waals surface area contributed by atoms with Crippen LogP contribution in [0.15, 0.2) is 146 Å². The monoisotopic (exact) mass is 512 g/mol. The molecule has 196 valence electrons. The fourth-order valence-corrected chi connectivity index (χ4v) is 3.08. The fourth-order valence-electron chi connectivity index (χ4n) is 3.08. The Morgan fingerprint density at radius 3 is 0.769 bits per heavy atom. The van der Waals surface area contributed by atoms with Crippen molar-refractivity contribution in [2.24, 2.45) is 0 Å². The van der Waals surface area contributed by atoms with Gasteiger partial charge in [0.1, 0.15) is 0 Å².